The van der Waals surface area contributed by atoms with Gasteiger partial charge in [0.1, 0.15) is 5.69 Å². The van der Waals surface area contributed by atoms with Gasteiger partial charge in [0.05, 0.1) is 14.1 Å². The molecule has 0 aliphatic rings. The Bertz CT molecular complexity index is 203. The van der Waals surface area contributed by atoms with E-state index in [0.29, 0.717) is 0 Å². The van der Waals surface area contributed by atoms with E-state index in [1.54, 1.807) is 0 Å². The Morgan fingerprint density at radius 2 is 1.45 bits per heavy atom. The number of hydrogen-bond acceptors (Lipinski definition) is 1. The van der Waals surface area contributed by atoms with E-state index in [2.05, 4.69) is 45.3 Å². The van der Waals surface area contributed by atoms with Crippen molar-refractivity contribution < 1.29 is 4.90 Å². The maximum atomic E-state index is 2.16. The summed E-state index contributed by atoms with van der Waals surface area (Å²) in [7, 11) is 4.26. The van der Waals surface area contributed by atoms with Gasteiger partial charge in [-0.3, -0.25) is 0 Å². The summed E-state index contributed by atoms with van der Waals surface area (Å²) in [6.07, 6.45) is 0. The third kappa shape index (κ3) is 2.95. The van der Waals surface area contributed by atoms with Crippen molar-refractivity contribution >= 4 is 19.2 Å². The van der Waals surface area contributed by atoms with Crippen LogP contribution in [0.25, 0.3) is 0 Å². The molecule has 11 heavy (non-hydrogen) atoms. The second kappa shape index (κ2) is 4.42. The van der Waals surface area contributed by atoms with Crippen LogP contribution in [0.2, 0.25) is 0 Å². The van der Waals surface area contributed by atoms with Crippen LogP contribution in [0.4, 0.5) is 5.69 Å². The predicted molar refractivity (Wildman–Crippen MR) is 52.4 cm³/mol. The molecule has 0 aliphatic heterocycles. The fourth-order valence-corrected chi connectivity index (χ4v) is 0.887. The van der Waals surface area contributed by atoms with Gasteiger partial charge in [0.25, 0.3) is 0 Å². The van der Waals surface area contributed by atoms with E-state index >= 15 is 0 Å². The summed E-state index contributed by atoms with van der Waals surface area (Å²) in [5.74, 6) is 0. The maximum Gasteiger partial charge on any atom is 0.130 e. The molecule has 1 aromatic rings. The Labute approximate surface area is 75.5 Å². The van der Waals surface area contributed by atoms with Crippen LogP contribution >= 0.6 is 0 Å². The minimum atomic E-state index is 0. The van der Waals surface area contributed by atoms with Gasteiger partial charge in [0.2, 0.25) is 0 Å². The topological polar surface area (TPSA) is 4.44 Å². The van der Waals surface area contributed by atoms with Crippen LogP contribution in [0, 0.1) is 6.92 Å². The zero-order chi connectivity index (χ0) is 7.56. The monoisotopic (exact) mass is 169 g/mol. The summed E-state index contributed by atoms with van der Waals surface area (Å²) in [5.41, 5.74) is 2.66. The summed E-state index contributed by atoms with van der Waals surface area (Å²) >= 11 is 0. The van der Waals surface area contributed by atoms with Crippen molar-refractivity contribution in [2.45, 2.75) is 6.92 Å². The number of benzene rings is 1. The first kappa shape index (κ1) is 10.5. The molecule has 0 radical (unpaired) electrons. The standard InChI is InChI=1S/C9H13N.H2S/c1-8-4-6-9(7-5-8)10(2)3;/h4-7H,1-3H3;1H2. The number of thiol groups is 1. The lowest BCUT2D eigenvalue weighted by Gasteiger charge is -2.05. The lowest BCUT2D eigenvalue weighted by molar-refractivity contribution is -0.786. The molecule has 0 amide bonds. The molecule has 62 valence electrons. The van der Waals surface area contributed by atoms with Gasteiger partial charge >= 0.3 is 0 Å². The van der Waals surface area contributed by atoms with E-state index in [9.17, 15) is 0 Å². The van der Waals surface area contributed by atoms with Crippen molar-refractivity contribution in [3.8, 4) is 0 Å². The van der Waals surface area contributed by atoms with E-state index in [0.717, 1.165) is 0 Å². The van der Waals surface area contributed by atoms with E-state index in [1.807, 2.05) is 0 Å². The van der Waals surface area contributed by atoms with Gasteiger partial charge in [-0.15, -0.1) is 0 Å². The van der Waals surface area contributed by atoms with Crippen LogP contribution in [-0.4, -0.2) is 14.1 Å². The number of aryl methyl sites for hydroxylation is 1. The quantitative estimate of drug-likeness (QED) is 0.474. The van der Waals surface area contributed by atoms with Crippen molar-refractivity contribution in [3.63, 3.8) is 0 Å². The molecular formula is C9H15NS. The van der Waals surface area contributed by atoms with Crippen molar-refractivity contribution in [2.24, 2.45) is 0 Å². The van der Waals surface area contributed by atoms with Crippen LogP contribution in [0.3, 0.4) is 0 Å². The van der Waals surface area contributed by atoms with Crippen molar-refractivity contribution in [3.05, 3.63) is 29.8 Å². The Balaban J connectivity index is 0.000001000. The third-order valence-electron chi connectivity index (χ3n) is 1.63. The molecule has 1 rings (SSSR count). The average Bonchev–Trinajstić information content (AvgIpc) is 1.88. The van der Waals surface area contributed by atoms with Gasteiger partial charge in [0, 0.05) is 0 Å². The fourth-order valence-electron chi connectivity index (χ4n) is 0.887. The molecule has 0 aliphatic carbocycles. The first-order chi connectivity index (χ1) is 4.70. The van der Waals surface area contributed by atoms with Crippen LogP contribution in [0.1, 0.15) is 5.56 Å². The highest BCUT2D eigenvalue weighted by Crippen LogP contribution is 2.02. The number of quaternary nitrogens is 1. The summed E-state index contributed by atoms with van der Waals surface area (Å²) in [6, 6.07) is 8.60. The highest BCUT2D eigenvalue weighted by molar-refractivity contribution is 7.37. The number of nitrogens with one attached hydrogen (secondary N) is 1. The van der Waals surface area contributed by atoms with Gasteiger partial charge in [0.15, 0.2) is 0 Å². The SMILES string of the molecule is Cc1ccc([NH+](C)C)cc1.[SH-]. The molecule has 0 unspecified atom stereocenters. The molecule has 1 nitrogen and oxygen atoms in total. The molecule has 0 bridgehead atoms. The van der Waals surface area contributed by atoms with E-state index in [1.165, 1.54) is 16.2 Å². The van der Waals surface area contributed by atoms with E-state index in [-0.39, 0.29) is 13.5 Å². The zero-order valence-corrected chi connectivity index (χ0v) is 8.15. The Morgan fingerprint density at radius 3 is 1.82 bits per heavy atom. The van der Waals surface area contributed by atoms with Crippen LogP contribution in [0.15, 0.2) is 24.3 Å². The normalized spacial score (nSPS) is 9.45. The minimum Gasteiger partial charge on any atom is -0.813 e. The first-order valence-electron chi connectivity index (χ1n) is 3.57. The molecule has 1 aromatic carbocycles. The van der Waals surface area contributed by atoms with Crippen LogP contribution in [0.5, 0.6) is 0 Å². The number of hydrogen-bond donors (Lipinski definition) is 1. The van der Waals surface area contributed by atoms with E-state index in [4.69, 9.17) is 0 Å². The smallest absolute Gasteiger partial charge is 0.130 e. The molecule has 0 saturated heterocycles. The van der Waals surface area contributed by atoms with E-state index < -0.39 is 0 Å². The van der Waals surface area contributed by atoms with Gasteiger partial charge in [-0.25, -0.2) is 0 Å². The molecule has 2 heteroatoms. The lowest BCUT2D eigenvalue weighted by Crippen LogP contribution is -3.00. The highest BCUT2D eigenvalue weighted by Gasteiger charge is 1.96. The van der Waals surface area contributed by atoms with Gasteiger partial charge in [-0.1, -0.05) is 17.7 Å². The Morgan fingerprint density at radius 1 is 1.00 bits per heavy atom. The molecule has 0 spiro atoms. The van der Waals surface area contributed by atoms with Crippen molar-refractivity contribution in [1.29, 1.82) is 0 Å². The molecule has 0 fully saturated rings. The summed E-state index contributed by atoms with van der Waals surface area (Å²) < 4.78 is 0. The third-order valence-corrected chi connectivity index (χ3v) is 1.63. The Kier molecular flexibility index (Phi) is 4.23. The molecule has 0 heterocycles. The second-order valence-corrected chi connectivity index (χ2v) is 2.87. The summed E-state index contributed by atoms with van der Waals surface area (Å²) in [5, 5.41) is 0. The molecule has 0 atom stereocenters. The minimum absolute atomic E-state index is 0. The molecular weight excluding hydrogens is 154 g/mol. The zero-order valence-electron chi connectivity index (χ0n) is 7.26. The predicted octanol–water partition coefficient (Wildman–Crippen LogP) is 0.501. The molecule has 0 aromatic heterocycles. The van der Waals surface area contributed by atoms with Crippen molar-refractivity contribution in [2.75, 3.05) is 14.1 Å². The summed E-state index contributed by atoms with van der Waals surface area (Å²) in [4.78, 5) is 1.38. The second-order valence-electron chi connectivity index (χ2n) is 2.87. The molecule has 0 saturated carbocycles. The molecule has 1 N–H and O–H groups in total. The fraction of sp³-hybridized carbons (Fsp3) is 0.333. The lowest BCUT2D eigenvalue weighted by atomic mass is 10.2. The van der Waals surface area contributed by atoms with Gasteiger partial charge in [-0.05, 0) is 19.1 Å². The van der Waals surface area contributed by atoms with Gasteiger partial charge < -0.3 is 18.4 Å². The van der Waals surface area contributed by atoms with Gasteiger partial charge in [-0.2, -0.15) is 0 Å². The van der Waals surface area contributed by atoms with Crippen LogP contribution in [-0.2, 0) is 13.5 Å². The Hall–Kier alpha value is -0.470. The largest absolute Gasteiger partial charge is 0.813 e. The van der Waals surface area contributed by atoms with Crippen LogP contribution < -0.4 is 4.90 Å². The average molecular weight is 169 g/mol. The summed E-state index contributed by atoms with van der Waals surface area (Å²) in [6.45, 7) is 2.11. The maximum absolute atomic E-state index is 2.16. The highest BCUT2D eigenvalue weighted by atomic mass is 32.1. The van der Waals surface area contributed by atoms with Crippen molar-refractivity contribution in [1.82, 2.24) is 0 Å². The number of rotatable bonds is 1. The first-order valence-corrected chi connectivity index (χ1v) is 3.57.